The Labute approximate surface area is 619 Å². The molecule has 6 atom stereocenters. The van der Waals surface area contributed by atoms with E-state index in [1.165, 1.54) is 250 Å². The molecule has 0 bridgehead atoms. The van der Waals surface area contributed by atoms with E-state index in [1.54, 1.807) is 0 Å². The van der Waals surface area contributed by atoms with E-state index < -0.39 is 97.5 Å². The van der Waals surface area contributed by atoms with Crippen molar-refractivity contribution >= 4 is 39.5 Å². The normalized spacial score (nSPS) is 14.2. The van der Waals surface area contributed by atoms with Crippen LogP contribution >= 0.6 is 15.6 Å². The highest BCUT2D eigenvalue weighted by Crippen LogP contribution is 2.45. The number of aliphatic hydroxyl groups is 1. The number of hydrogen-bond acceptors (Lipinski definition) is 15. The molecule has 0 heterocycles. The highest BCUT2D eigenvalue weighted by molar-refractivity contribution is 7.47. The third-order valence-corrected chi connectivity index (χ3v) is 21.5. The average Bonchev–Trinajstić information content (AvgIpc) is 0.939. The maximum Gasteiger partial charge on any atom is 0.472 e. The first kappa shape index (κ1) is 99.1. The van der Waals surface area contributed by atoms with Crippen molar-refractivity contribution < 1.29 is 80.2 Å². The summed E-state index contributed by atoms with van der Waals surface area (Å²) in [5.41, 5.74) is 0. The fourth-order valence-corrected chi connectivity index (χ4v) is 14.3. The van der Waals surface area contributed by atoms with Gasteiger partial charge in [-0.15, -0.1) is 0 Å². The minimum Gasteiger partial charge on any atom is -0.462 e. The molecule has 0 aliphatic carbocycles. The van der Waals surface area contributed by atoms with Crippen LogP contribution in [0.25, 0.3) is 0 Å². The van der Waals surface area contributed by atoms with Crippen LogP contribution in [0.5, 0.6) is 0 Å². The topological polar surface area (TPSA) is 237 Å². The number of phosphoric ester groups is 2. The van der Waals surface area contributed by atoms with E-state index in [0.717, 1.165) is 102 Å². The summed E-state index contributed by atoms with van der Waals surface area (Å²) >= 11 is 0. The first-order valence-corrected chi connectivity index (χ1v) is 45.5. The molecule has 0 aromatic carbocycles. The Hall–Kier alpha value is -1.94. The van der Waals surface area contributed by atoms with Crippen molar-refractivity contribution in [2.45, 2.75) is 452 Å². The number of carbonyl (C=O) groups excluding carboxylic acids is 4. The van der Waals surface area contributed by atoms with Crippen molar-refractivity contribution in [3.05, 3.63) is 0 Å². The molecule has 600 valence electrons. The molecule has 0 rings (SSSR count). The molecule has 0 radical (unpaired) electrons. The fraction of sp³-hybridized carbons (Fsp3) is 0.951. The highest BCUT2D eigenvalue weighted by Gasteiger charge is 2.30. The summed E-state index contributed by atoms with van der Waals surface area (Å²) in [5.74, 6) is -0.499. The van der Waals surface area contributed by atoms with Gasteiger partial charge in [0.25, 0.3) is 0 Å². The molecule has 0 aromatic heterocycles. The zero-order valence-electron chi connectivity index (χ0n) is 66.2. The number of ether oxygens (including phenoxy) is 4. The van der Waals surface area contributed by atoms with Gasteiger partial charge in [-0.3, -0.25) is 37.3 Å². The second-order valence-corrected chi connectivity index (χ2v) is 33.1. The largest absolute Gasteiger partial charge is 0.472 e. The van der Waals surface area contributed by atoms with E-state index in [0.29, 0.717) is 25.7 Å². The number of phosphoric acid groups is 2. The lowest BCUT2D eigenvalue weighted by Crippen LogP contribution is -2.30. The van der Waals surface area contributed by atoms with Gasteiger partial charge in [0.05, 0.1) is 26.4 Å². The van der Waals surface area contributed by atoms with Crippen LogP contribution in [0.2, 0.25) is 0 Å². The molecule has 0 spiro atoms. The van der Waals surface area contributed by atoms with E-state index >= 15 is 0 Å². The summed E-state index contributed by atoms with van der Waals surface area (Å²) in [4.78, 5) is 73.0. The average molecular weight is 1480 g/mol. The summed E-state index contributed by atoms with van der Waals surface area (Å²) in [5, 5.41) is 10.6. The third-order valence-electron chi connectivity index (χ3n) is 19.6. The first-order chi connectivity index (χ1) is 48.9. The maximum absolute atomic E-state index is 13.1. The Morgan fingerprint density at radius 1 is 0.287 bits per heavy atom. The van der Waals surface area contributed by atoms with Crippen molar-refractivity contribution in [2.75, 3.05) is 39.6 Å². The highest BCUT2D eigenvalue weighted by atomic mass is 31.2. The van der Waals surface area contributed by atoms with Crippen molar-refractivity contribution in [3.8, 4) is 0 Å². The molecule has 3 N–H and O–H groups in total. The van der Waals surface area contributed by atoms with Crippen molar-refractivity contribution in [1.29, 1.82) is 0 Å². The Kier molecular flexibility index (Phi) is 72.2. The number of aliphatic hydroxyl groups excluding tert-OH is 1. The summed E-state index contributed by atoms with van der Waals surface area (Å²) in [6.45, 7) is 9.68. The second kappa shape index (κ2) is 73.6. The molecule has 0 saturated carbocycles. The zero-order chi connectivity index (χ0) is 74.2. The third kappa shape index (κ3) is 74.7. The van der Waals surface area contributed by atoms with Gasteiger partial charge in [-0.05, 0) is 37.5 Å². The Bertz CT molecular complexity index is 1940. The molecule has 0 aliphatic heterocycles. The van der Waals surface area contributed by atoms with Gasteiger partial charge in [-0.2, -0.15) is 0 Å². The zero-order valence-corrected chi connectivity index (χ0v) is 68.0. The van der Waals surface area contributed by atoms with Crippen LogP contribution in [0.15, 0.2) is 0 Å². The van der Waals surface area contributed by atoms with Crippen molar-refractivity contribution in [2.24, 2.45) is 11.8 Å². The number of esters is 4. The quantitative estimate of drug-likeness (QED) is 0.0222. The van der Waals surface area contributed by atoms with Crippen LogP contribution in [0.3, 0.4) is 0 Å². The lowest BCUT2D eigenvalue weighted by molar-refractivity contribution is -0.161. The summed E-state index contributed by atoms with van der Waals surface area (Å²) in [7, 11) is -9.92. The lowest BCUT2D eigenvalue weighted by Gasteiger charge is -2.21. The predicted octanol–water partition coefficient (Wildman–Crippen LogP) is 24.7. The maximum atomic E-state index is 13.1. The molecule has 3 unspecified atom stereocenters. The van der Waals surface area contributed by atoms with Gasteiger partial charge in [0.15, 0.2) is 12.2 Å². The SMILES string of the molecule is CCCCCCCCCCCCCCCCCCCCCCC(=O)O[C@H](COC(=O)CCCCCCCCCCCCCCCCCC(C)C)COP(=O)(O)OC[C@@H](O)COP(=O)(O)OC[C@@H](COC(=O)CCCCCCCCCCC)OC(=O)CCCCCCCCCCCCC(C)CC. The minimum atomic E-state index is -4.96. The molecular formula is C82H160O17P2. The van der Waals surface area contributed by atoms with Crippen LogP contribution in [0, 0.1) is 11.8 Å². The Morgan fingerprint density at radius 3 is 0.752 bits per heavy atom. The second-order valence-electron chi connectivity index (χ2n) is 30.2. The van der Waals surface area contributed by atoms with Crippen LogP contribution < -0.4 is 0 Å². The number of carbonyl (C=O) groups is 4. The predicted molar refractivity (Wildman–Crippen MR) is 414 cm³/mol. The van der Waals surface area contributed by atoms with Crippen LogP contribution in [-0.4, -0.2) is 96.7 Å². The van der Waals surface area contributed by atoms with Gasteiger partial charge >= 0.3 is 39.5 Å². The molecule has 0 saturated heterocycles. The van der Waals surface area contributed by atoms with Gasteiger partial charge in [0, 0.05) is 25.7 Å². The van der Waals surface area contributed by atoms with Gasteiger partial charge < -0.3 is 33.8 Å². The van der Waals surface area contributed by atoms with Crippen LogP contribution in [-0.2, 0) is 65.4 Å². The number of hydrogen-bond donors (Lipinski definition) is 3. The van der Waals surface area contributed by atoms with E-state index in [9.17, 15) is 43.2 Å². The summed E-state index contributed by atoms with van der Waals surface area (Å²) < 4.78 is 68.7. The lowest BCUT2D eigenvalue weighted by atomic mass is 9.99. The van der Waals surface area contributed by atoms with Gasteiger partial charge in [0.2, 0.25) is 0 Å². The fourth-order valence-electron chi connectivity index (χ4n) is 12.7. The first-order valence-electron chi connectivity index (χ1n) is 42.5. The van der Waals surface area contributed by atoms with Gasteiger partial charge in [-0.1, -0.05) is 382 Å². The molecule has 19 heteroatoms. The Balaban J connectivity index is 5.22. The minimum absolute atomic E-state index is 0.106. The van der Waals surface area contributed by atoms with Crippen molar-refractivity contribution in [3.63, 3.8) is 0 Å². The molecule has 0 fully saturated rings. The molecule has 17 nitrogen and oxygen atoms in total. The van der Waals surface area contributed by atoms with Crippen molar-refractivity contribution in [1.82, 2.24) is 0 Å². The molecule has 101 heavy (non-hydrogen) atoms. The molecule has 0 aromatic rings. The molecular weight excluding hydrogens is 1320 g/mol. The van der Waals surface area contributed by atoms with Gasteiger partial charge in [0.1, 0.15) is 19.3 Å². The number of rotatable bonds is 81. The van der Waals surface area contributed by atoms with Crippen LogP contribution in [0.4, 0.5) is 0 Å². The Morgan fingerprint density at radius 2 is 0.505 bits per heavy atom. The van der Waals surface area contributed by atoms with Crippen LogP contribution in [0.1, 0.15) is 433 Å². The number of unbranched alkanes of at least 4 members (excludes halogenated alkanes) is 50. The standard InChI is InChI=1S/C82H160O17P2/c1-7-10-12-14-16-18-19-20-21-22-23-24-25-28-32-35-42-48-54-60-66-81(86)98-78(71-93-80(85)65-59-53-47-41-34-31-29-26-27-30-33-39-44-50-56-62-74(4)5)73-97-101(90,91)95-69-76(83)68-94-100(88,89)96-72-77(70-92-79(84)64-58-52-46-38-17-15-13-11-8-2)99-82(87)67-61-55-49-43-37-36-40-45-51-57-63-75(6)9-3/h74-78,83H,7-73H2,1-6H3,(H,88,89)(H,90,91)/t75?,76-,77+,78+/m0/s1. The monoisotopic (exact) mass is 1480 g/mol. The summed E-state index contributed by atoms with van der Waals surface area (Å²) in [6.07, 6.45) is 63.8. The van der Waals surface area contributed by atoms with Gasteiger partial charge in [-0.25, -0.2) is 9.13 Å². The summed E-state index contributed by atoms with van der Waals surface area (Å²) in [6, 6.07) is 0. The van der Waals surface area contributed by atoms with E-state index in [4.69, 9.17) is 37.0 Å². The smallest absolute Gasteiger partial charge is 0.462 e. The van der Waals surface area contributed by atoms with E-state index in [1.807, 2.05) is 0 Å². The molecule has 0 aliphatic rings. The van der Waals surface area contributed by atoms with E-state index in [2.05, 4.69) is 41.5 Å². The molecule has 0 amide bonds. The van der Waals surface area contributed by atoms with E-state index in [-0.39, 0.29) is 25.7 Å².